The van der Waals surface area contributed by atoms with Crippen LogP contribution in [0.4, 0.5) is 0 Å². The second-order valence-electron chi connectivity index (χ2n) is 3.69. The Morgan fingerprint density at radius 3 is 3.06 bits per heavy atom. The summed E-state index contributed by atoms with van der Waals surface area (Å²) in [6, 6.07) is -0.322. The molecule has 1 rings (SSSR count). The average Bonchev–Trinajstić information content (AvgIpc) is 2.76. The maximum Gasteiger partial charge on any atom is 0.328 e. The van der Waals surface area contributed by atoms with E-state index >= 15 is 0 Å². The number of imidazole rings is 1. The summed E-state index contributed by atoms with van der Waals surface area (Å²) in [5.74, 6) is -0.259. The second kappa shape index (κ2) is 6.27. The van der Waals surface area contributed by atoms with Crippen LogP contribution < -0.4 is 5.32 Å². The lowest BCUT2D eigenvalue weighted by molar-refractivity contribution is -0.144. The lowest BCUT2D eigenvalue weighted by atomic mass is 10.3. The highest BCUT2D eigenvalue weighted by atomic mass is 16.5. The maximum atomic E-state index is 11.3. The van der Waals surface area contributed by atoms with Crippen molar-refractivity contribution < 1.29 is 9.53 Å². The van der Waals surface area contributed by atoms with Crippen LogP contribution in [-0.2, 0) is 16.1 Å². The molecule has 0 saturated carbocycles. The monoisotopic (exact) mass is 225 g/mol. The van der Waals surface area contributed by atoms with Crippen LogP contribution in [0.5, 0.6) is 0 Å². The molecule has 0 radical (unpaired) electrons. The Labute approximate surface area is 95.8 Å². The average molecular weight is 225 g/mol. The predicted octanol–water partition coefficient (Wildman–Crippen LogP) is 1.12. The van der Waals surface area contributed by atoms with E-state index in [9.17, 15) is 4.79 Å². The van der Waals surface area contributed by atoms with Crippen LogP contribution in [0.25, 0.3) is 0 Å². The van der Waals surface area contributed by atoms with Crippen molar-refractivity contribution in [3.8, 4) is 0 Å². The number of nitrogens with zero attached hydrogens (tertiary/aromatic N) is 2. The lowest BCUT2D eigenvalue weighted by Crippen LogP contribution is -2.17. The topological polar surface area (TPSA) is 56.2 Å². The molecular formula is C11H19N3O2. The SMILES string of the molecule is CCCNCc1cn(C(C)C(=O)OC)cn1. The fourth-order valence-electron chi connectivity index (χ4n) is 1.37. The zero-order valence-corrected chi connectivity index (χ0v) is 10.1. The molecule has 0 bridgehead atoms. The Balaban J connectivity index is 2.53. The number of ether oxygens (including phenoxy) is 1. The van der Waals surface area contributed by atoms with Gasteiger partial charge in [-0.05, 0) is 19.9 Å². The number of nitrogens with one attached hydrogen (secondary N) is 1. The molecule has 1 unspecified atom stereocenters. The summed E-state index contributed by atoms with van der Waals surface area (Å²) in [4.78, 5) is 15.5. The van der Waals surface area contributed by atoms with Gasteiger partial charge in [-0.15, -0.1) is 0 Å². The summed E-state index contributed by atoms with van der Waals surface area (Å²) in [5.41, 5.74) is 0.934. The molecule has 5 nitrogen and oxygen atoms in total. The van der Waals surface area contributed by atoms with Gasteiger partial charge in [0.25, 0.3) is 0 Å². The molecule has 0 amide bonds. The highest BCUT2D eigenvalue weighted by Gasteiger charge is 2.14. The molecule has 1 atom stereocenters. The quantitative estimate of drug-likeness (QED) is 0.582. The number of carbonyl (C=O) groups is 1. The predicted molar refractivity (Wildman–Crippen MR) is 61.0 cm³/mol. The van der Waals surface area contributed by atoms with Gasteiger partial charge in [-0.3, -0.25) is 0 Å². The molecule has 0 aromatic carbocycles. The van der Waals surface area contributed by atoms with E-state index in [-0.39, 0.29) is 12.0 Å². The Bertz CT molecular complexity index is 336. The Hall–Kier alpha value is -1.36. The van der Waals surface area contributed by atoms with Crippen LogP contribution in [0.3, 0.4) is 0 Å². The molecule has 1 heterocycles. The lowest BCUT2D eigenvalue weighted by Gasteiger charge is -2.09. The van der Waals surface area contributed by atoms with E-state index in [1.165, 1.54) is 7.11 Å². The highest BCUT2D eigenvalue weighted by Crippen LogP contribution is 2.08. The van der Waals surface area contributed by atoms with Crippen molar-refractivity contribution >= 4 is 5.97 Å². The van der Waals surface area contributed by atoms with Crippen molar-refractivity contribution in [3.63, 3.8) is 0 Å². The third-order valence-corrected chi connectivity index (χ3v) is 2.38. The van der Waals surface area contributed by atoms with Gasteiger partial charge in [-0.25, -0.2) is 9.78 Å². The Morgan fingerprint density at radius 2 is 2.44 bits per heavy atom. The summed E-state index contributed by atoms with van der Waals surface area (Å²) in [6.45, 7) is 5.61. The number of hydrogen-bond acceptors (Lipinski definition) is 4. The first-order valence-electron chi connectivity index (χ1n) is 5.50. The minimum absolute atomic E-state index is 0.259. The third kappa shape index (κ3) is 3.34. The zero-order valence-electron chi connectivity index (χ0n) is 10.1. The van der Waals surface area contributed by atoms with Gasteiger partial charge in [-0.1, -0.05) is 6.92 Å². The highest BCUT2D eigenvalue weighted by molar-refractivity contribution is 5.73. The molecular weight excluding hydrogens is 206 g/mol. The number of aromatic nitrogens is 2. The number of hydrogen-bond donors (Lipinski definition) is 1. The molecule has 1 N–H and O–H groups in total. The maximum absolute atomic E-state index is 11.3. The van der Waals surface area contributed by atoms with E-state index in [0.29, 0.717) is 0 Å². The van der Waals surface area contributed by atoms with Gasteiger partial charge in [0.2, 0.25) is 0 Å². The van der Waals surface area contributed by atoms with Gasteiger partial charge in [0, 0.05) is 12.7 Å². The number of carbonyl (C=O) groups excluding carboxylic acids is 1. The zero-order chi connectivity index (χ0) is 12.0. The Kier molecular flexibility index (Phi) is 4.98. The van der Waals surface area contributed by atoms with Gasteiger partial charge < -0.3 is 14.6 Å². The molecule has 0 aliphatic heterocycles. The first-order valence-corrected chi connectivity index (χ1v) is 5.50. The first-order chi connectivity index (χ1) is 7.69. The molecule has 90 valence electrons. The minimum Gasteiger partial charge on any atom is -0.467 e. The summed E-state index contributed by atoms with van der Waals surface area (Å²) in [7, 11) is 1.39. The first kappa shape index (κ1) is 12.7. The van der Waals surface area contributed by atoms with E-state index in [1.807, 2.05) is 6.20 Å². The van der Waals surface area contributed by atoms with Crippen LogP contribution in [0.15, 0.2) is 12.5 Å². The van der Waals surface area contributed by atoms with Crippen LogP contribution in [-0.4, -0.2) is 29.2 Å². The van der Waals surface area contributed by atoms with Gasteiger partial charge in [0.05, 0.1) is 19.1 Å². The summed E-state index contributed by atoms with van der Waals surface area (Å²) in [6.07, 6.45) is 4.62. The van der Waals surface area contributed by atoms with Crippen molar-refractivity contribution in [2.24, 2.45) is 0 Å². The Morgan fingerprint density at radius 1 is 1.69 bits per heavy atom. The second-order valence-corrected chi connectivity index (χ2v) is 3.69. The number of methoxy groups -OCH3 is 1. The van der Waals surface area contributed by atoms with Crippen molar-refractivity contribution in [1.29, 1.82) is 0 Å². The van der Waals surface area contributed by atoms with E-state index < -0.39 is 0 Å². The van der Waals surface area contributed by atoms with Crippen LogP contribution in [0, 0.1) is 0 Å². The standard InChI is InChI=1S/C11H19N3O2/c1-4-5-12-6-10-7-14(8-13-10)9(2)11(15)16-3/h7-9,12H,4-6H2,1-3H3. The summed E-state index contributed by atoms with van der Waals surface area (Å²) in [5, 5.41) is 3.25. The molecule has 5 heteroatoms. The molecule has 16 heavy (non-hydrogen) atoms. The summed E-state index contributed by atoms with van der Waals surface area (Å²) < 4.78 is 6.43. The fraction of sp³-hybridized carbons (Fsp3) is 0.636. The molecule has 1 aromatic heterocycles. The number of esters is 1. The summed E-state index contributed by atoms with van der Waals surface area (Å²) >= 11 is 0. The van der Waals surface area contributed by atoms with Crippen molar-refractivity contribution in [1.82, 2.24) is 14.9 Å². The normalized spacial score (nSPS) is 12.4. The van der Waals surface area contributed by atoms with E-state index in [2.05, 4.69) is 22.0 Å². The minimum atomic E-state index is -0.322. The van der Waals surface area contributed by atoms with Crippen molar-refractivity contribution in [2.75, 3.05) is 13.7 Å². The van der Waals surface area contributed by atoms with Crippen LogP contribution >= 0.6 is 0 Å². The van der Waals surface area contributed by atoms with Gasteiger partial charge in [0.15, 0.2) is 0 Å². The third-order valence-electron chi connectivity index (χ3n) is 2.38. The van der Waals surface area contributed by atoms with E-state index in [0.717, 1.165) is 25.2 Å². The van der Waals surface area contributed by atoms with Crippen LogP contribution in [0.1, 0.15) is 32.0 Å². The largest absolute Gasteiger partial charge is 0.467 e. The van der Waals surface area contributed by atoms with E-state index in [4.69, 9.17) is 0 Å². The fourth-order valence-corrected chi connectivity index (χ4v) is 1.37. The van der Waals surface area contributed by atoms with Crippen molar-refractivity contribution in [2.45, 2.75) is 32.9 Å². The molecule has 0 spiro atoms. The van der Waals surface area contributed by atoms with Gasteiger partial charge >= 0.3 is 5.97 Å². The van der Waals surface area contributed by atoms with Gasteiger partial charge in [-0.2, -0.15) is 0 Å². The molecule has 0 aliphatic carbocycles. The number of rotatable bonds is 6. The molecule has 0 fully saturated rings. The van der Waals surface area contributed by atoms with Crippen LogP contribution in [0.2, 0.25) is 0 Å². The van der Waals surface area contributed by atoms with Crippen molar-refractivity contribution in [3.05, 3.63) is 18.2 Å². The smallest absolute Gasteiger partial charge is 0.328 e. The van der Waals surface area contributed by atoms with E-state index in [1.54, 1.807) is 17.8 Å². The molecule has 0 aliphatic rings. The van der Waals surface area contributed by atoms with Gasteiger partial charge in [0.1, 0.15) is 6.04 Å². The molecule has 1 aromatic rings. The molecule has 0 saturated heterocycles.